The van der Waals surface area contributed by atoms with Crippen molar-refractivity contribution >= 4 is 0 Å². The minimum Gasteiger partial charge on any atom is -0.392 e. The number of benzene rings is 1. The number of ether oxygens (including phenoxy) is 1. The first kappa shape index (κ1) is 13.2. The van der Waals surface area contributed by atoms with Crippen LogP contribution in [0.4, 0.5) is 4.39 Å². The van der Waals surface area contributed by atoms with E-state index in [0.29, 0.717) is 37.8 Å². The second kappa shape index (κ2) is 5.68. The maximum atomic E-state index is 12.8. The van der Waals surface area contributed by atoms with Gasteiger partial charge < -0.3 is 14.4 Å². The van der Waals surface area contributed by atoms with Gasteiger partial charge >= 0.3 is 0 Å². The molecular weight excluding hydrogens is 263 g/mol. The maximum absolute atomic E-state index is 12.8. The van der Waals surface area contributed by atoms with Crippen LogP contribution in [0.3, 0.4) is 0 Å². The Morgan fingerprint density at radius 3 is 2.85 bits per heavy atom. The fraction of sp³-hybridized carbons (Fsp3) is 0.429. The molecule has 0 saturated carbocycles. The van der Waals surface area contributed by atoms with E-state index in [2.05, 4.69) is 10.1 Å². The Morgan fingerprint density at radius 2 is 2.10 bits per heavy atom. The Balaban J connectivity index is 1.71. The third-order valence-electron chi connectivity index (χ3n) is 3.40. The molecule has 1 saturated heterocycles. The monoisotopic (exact) mass is 278 g/mol. The fourth-order valence-corrected chi connectivity index (χ4v) is 2.24. The summed E-state index contributed by atoms with van der Waals surface area (Å²) in [6.45, 7) is 0.938. The van der Waals surface area contributed by atoms with Crippen LogP contribution >= 0.6 is 0 Å². The van der Waals surface area contributed by atoms with Crippen LogP contribution < -0.4 is 0 Å². The summed E-state index contributed by atoms with van der Waals surface area (Å²) in [5, 5.41) is 13.8. The standard InChI is InChI=1S/C14H15FN2O3/c15-10-3-1-9(2-4-10)7-13-16-14(20-17-13)11-8-19-6-5-12(11)18/h1-4,11-12,18H,5-8H2. The number of hydrogen-bond donors (Lipinski definition) is 1. The molecule has 2 heterocycles. The fourth-order valence-electron chi connectivity index (χ4n) is 2.24. The van der Waals surface area contributed by atoms with Gasteiger partial charge in [-0.3, -0.25) is 0 Å². The molecule has 1 N–H and O–H groups in total. The van der Waals surface area contributed by atoms with Gasteiger partial charge in [0.05, 0.1) is 18.6 Å². The minimum atomic E-state index is -0.511. The van der Waals surface area contributed by atoms with Crippen LogP contribution in [0.5, 0.6) is 0 Å². The van der Waals surface area contributed by atoms with Gasteiger partial charge in [0.2, 0.25) is 5.89 Å². The van der Waals surface area contributed by atoms with Crippen molar-refractivity contribution in [3.05, 3.63) is 47.4 Å². The van der Waals surface area contributed by atoms with Crippen molar-refractivity contribution in [2.75, 3.05) is 13.2 Å². The first-order valence-electron chi connectivity index (χ1n) is 6.55. The van der Waals surface area contributed by atoms with Gasteiger partial charge in [-0.2, -0.15) is 4.98 Å². The lowest BCUT2D eigenvalue weighted by Gasteiger charge is -2.24. The van der Waals surface area contributed by atoms with Gasteiger partial charge in [0, 0.05) is 13.0 Å². The largest absolute Gasteiger partial charge is 0.392 e. The van der Waals surface area contributed by atoms with E-state index in [0.717, 1.165) is 5.56 Å². The highest BCUT2D eigenvalue weighted by Crippen LogP contribution is 2.24. The average molecular weight is 278 g/mol. The zero-order chi connectivity index (χ0) is 13.9. The first-order chi connectivity index (χ1) is 9.72. The summed E-state index contributed by atoms with van der Waals surface area (Å²) in [7, 11) is 0. The molecule has 106 valence electrons. The van der Waals surface area contributed by atoms with Crippen LogP contribution in [-0.2, 0) is 11.2 Å². The van der Waals surface area contributed by atoms with Gasteiger partial charge in [0.15, 0.2) is 5.82 Å². The highest BCUT2D eigenvalue weighted by molar-refractivity contribution is 5.19. The van der Waals surface area contributed by atoms with Gasteiger partial charge in [-0.15, -0.1) is 0 Å². The van der Waals surface area contributed by atoms with E-state index in [9.17, 15) is 9.50 Å². The van der Waals surface area contributed by atoms with Crippen molar-refractivity contribution in [2.45, 2.75) is 24.9 Å². The number of aliphatic hydroxyl groups is 1. The van der Waals surface area contributed by atoms with E-state index in [1.165, 1.54) is 12.1 Å². The van der Waals surface area contributed by atoms with Crippen molar-refractivity contribution < 1.29 is 18.8 Å². The van der Waals surface area contributed by atoms with Gasteiger partial charge in [-0.05, 0) is 24.1 Å². The normalized spacial score (nSPS) is 22.9. The predicted molar refractivity (Wildman–Crippen MR) is 67.7 cm³/mol. The number of aliphatic hydroxyl groups excluding tert-OH is 1. The molecule has 0 bridgehead atoms. The Bertz CT molecular complexity index is 570. The van der Waals surface area contributed by atoms with Crippen molar-refractivity contribution in [1.29, 1.82) is 0 Å². The first-order valence-corrected chi connectivity index (χ1v) is 6.55. The zero-order valence-corrected chi connectivity index (χ0v) is 10.8. The van der Waals surface area contributed by atoms with Crippen molar-refractivity contribution in [1.82, 2.24) is 10.1 Å². The molecule has 0 aliphatic carbocycles. The second-order valence-electron chi connectivity index (χ2n) is 4.89. The lowest BCUT2D eigenvalue weighted by atomic mass is 9.99. The molecule has 2 atom stereocenters. The number of nitrogens with zero attached hydrogens (tertiary/aromatic N) is 2. The predicted octanol–water partition coefficient (Wildman–Crippen LogP) is 1.66. The van der Waals surface area contributed by atoms with Crippen LogP contribution in [0.15, 0.2) is 28.8 Å². The molecular formula is C14H15FN2O3. The summed E-state index contributed by atoms with van der Waals surface area (Å²) in [6, 6.07) is 6.16. The SMILES string of the molecule is OC1CCOCC1c1nc(Cc2ccc(F)cc2)no1. The van der Waals surface area contributed by atoms with Crippen LogP contribution in [0.1, 0.15) is 29.6 Å². The molecule has 20 heavy (non-hydrogen) atoms. The van der Waals surface area contributed by atoms with E-state index in [4.69, 9.17) is 9.26 Å². The van der Waals surface area contributed by atoms with Crippen LogP contribution in [0.25, 0.3) is 0 Å². The van der Waals surface area contributed by atoms with Gasteiger partial charge in [0.25, 0.3) is 0 Å². The van der Waals surface area contributed by atoms with E-state index in [-0.39, 0.29) is 11.7 Å². The Kier molecular flexibility index (Phi) is 3.75. The molecule has 2 aromatic rings. The topological polar surface area (TPSA) is 68.4 Å². The summed E-state index contributed by atoms with van der Waals surface area (Å²) in [5.41, 5.74) is 0.902. The van der Waals surface area contributed by atoms with Gasteiger partial charge in [-0.1, -0.05) is 17.3 Å². The number of rotatable bonds is 3. The third-order valence-corrected chi connectivity index (χ3v) is 3.40. The molecule has 1 aromatic heterocycles. The summed E-state index contributed by atoms with van der Waals surface area (Å²) in [5.74, 6) is 0.377. The van der Waals surface area contributed by atoms with Gasteiger partial charge in [-0.25, -0.2) is 4.39 Å². The molecule has 0 radical (unpaired) electrons. The molecule has 1 aliphatic rings. The van der Waals surface area contributed by atoms with Crippen molar-refractivity contribution in [2.24, 2.45) is 0 Å². The smallest absolute Gasteiger partial charge is 0.234 e. The van der Waals surface area contributed by atoms with E-state index in [1.807, 2.05) is 0 Å². The van der Waals surface area contributed by atoms with Gasteiger partial charge in [0.1, 0.15) is 5.82 Å². The number of halogens is 1. The lowest BCUT2D eigenvalue weighted by Crippen LogP contribution is -2.30. The third kappa shape index (κ3) is 2.86. The number of aromatic nitrogens is 2. The van der Waals surface area contributed by atoms with Crippen LogP contribution in [0.2, 0.25) is 0 Å². The molecule has 1 aliphatic heterocycles. The van der Waals surface area contributed by atoms with Crippen molar-refractivity contribution in [3.8, 4) is 0 Å². The molecule has 5 nitrogen and oxygen atoms in total. The Morgan fingerprint density at radius 1 is 1.30 bits per heavy atom. The molecule has 3 rings (SSSR count). The molecule has 2 unspecified atom stereocenters. The molecule has 0 spiro atoms. The summed E-state index contributed by atoms with van der Waals surface area (Å²) >= 11 is 0. The Labute approximate surface area is 115 Å². The quantitative estimate of drug-likeness (QED) is 0.924. The maximum Gasteiger partial charge on any atom is 0.234 e. The second-order valence-corrected chi connectivity index (χ2v) is 4.89. The van der Waals surface area contributed by atoms with Crippen LogP contribution in [0, 0.1) is 5.82 Å². The van der Waals surface area contributed by atoms with Crippen molar-refractivity contribution in [3.63, 3.8) is 0 Å². The highest BCUT2D eigenvalue weighted by atomic mass is 19.1. The zero-order valence-electron chi connectivity index (χ0n) is 10.8. The van der Waals surface area contributed by atoms with E-state index in [1.54, 1.807) is 12.1 Å². The summed E-state index contributed by atoms with van der Waals surface area (Å²) in [4.78, 5) is 4.29. The van der Waals surface area contributed by atoms with E-state index >= 15 is 0 Å². The molecule has 6 heteroatoms. The highest BCUT2D eigenvalue weighted by Gasteiger charge is 2.30. The summed E-state index contributed by atoms with van der Waals surface area (Å²) < 4.78 is 23.3. The molecule has 0 amide bonds. The van der Waals surface area contributed by atoms with Crippen LogP contribution in [-0.4, -0.2) is 34.6 Å². The molecule has 1 aromatic carbocycles. The summed E-state index contributed by atoms with van der Waals surface area (Å²) in [6.07, 6.45) is 0.524. The Hall–Kier alpha value is -1.79. The molecule has 1 fully saturated rings. The average Bonchev–Trinajstić information content (AvgIpc) is 2.90. The van der Waals surface area contributed by atoms with E-state index < -0.39 is 6.10 Å². The number of hydrogen-bond acceptors (Lipinski definition) is 5. The lowest BCUT2D eigenvalue weighted by molar-refractivity contribution is -0.0149. The minimum absolute atomic E-state index is 0.266.